The number of amides is 2. The Bertz CT molecular complexity index is 1030. The molecule has 0 saturated heterocycles. The second kappa shape index (κ2) is 7.20. The highest BCUT2D eigenvalue weighted by atomic mass is 35.5. The molecule has 3 aromatic rings. The van der Waals surface area contributed by atoms with Crippen LogP contribution in [-0.2, 0) is 0 Å². The third kappa shape index (κ3) is 3.79. The highest BCUT2D eigenvalue weighted by Crippen LogP contribution is 2.17. The quantitative estimate of drug-likeness (QED) is 0.655. The molecular weight excluding hydrogens is 356 g/mol. The van der Waals surface area contributed by atoms with Crippen LogP contribution in [0.3, 0.4) is 0 Å². The molecule has 3 rings (SSSR count). The first-order valence-electron chi connectivity index (χ1n) is 7.50. The number of halogens is 1. The van der Waals surface area contributed by atoms with Gasteiger partial charge < -0.3 is 16.0 Å². The van der Waals surface area contributed by atoms with Gasteiger partial charge in [-0.15, -0.1) is 0 Å². The Balaban J connectivity index is 1.80. The number of nitrogens with one attached hydrogen (secondary N) is 2. The molecule has 2 amide bonds. The predicted octanol–water partition coefficient (Wildman–Crippen LogP) is 2.44. The van der Waals surface area contributed by atoms with E-state index in [2.05, 4.69) is 15.3 Å². The molecule has 0 unspecified atom stereocenters. The Labute approximate surface area is 152 Å². The van der Waals surface area contributed by atoms with E-state index >= 15 is 0 Å². The lowest BCUT2D eigenvalue weighted by molar-refractivity contribution is 0.0998. The van der Waals surface area contributed by atoms with E-state index in [1.54, 1.807) is 24.3 Å². The minimum absolute atomic E-state index is 0.137. The molecule has 7 nitrogen and oxygen atoms in total. The van der Waals surface area contributed by atoms with E-state index in [0.29, 0.717) is 27.7 Å². The van der Waals surface area contributed by atoms with E-state index < -0.39 is 17.4 Å². The van der Waals surface area contributed by atoms with Crippen LogP contribution in [0.1, 0.15) is 20.7 Å². The molecular formula is C18H13ClN4O3. The summed E-state index contributed by atoms with van der Waals surface area (Å²) < 4.78 is 0. The predicted molar refractivity (Wildman–Crippen MR) is 98.2 cm³/mol. The number of hydrogen-bond donors (Lipinski definition) is 3. The minimum Gasteiger partial charge on any atom is -0.366 e. The highest BCUT2D eigenvalue weighted by Gasteiger charge is 2.13. The van der Waals surface area contributed by atoms with Gasteiger partial charge in [0.15, 0.2) is 0 Å². The van der Waals surface area contributed by atoms with Crippen molar-refractivity contribution in [1.29, 1.82) is 0 Å². The third-order valence-corrected chi connectivity index (χ3v) is 3.84. The summed E-state index contributed by atoms with van der Waals surface area (Å²) in [5, 5.41) is 3.13. The lowest BCUT2D eigenvalue weighted by Gasteiger charge is -2.06. The van der Waals surface area contributed by atoms with E-state index in [1.165, 1.54) is 30.5 Å². The zero-order valence-electron chi connectivity index (χ0n) is 13.3. The summed E-state index contributed by atoms with van der Waals surface area (Å²) in [4.78, 5) is 42.2. The number of rotatable bonds is 4. The number of H-pyrrole nitrogens is 1. The summed E-state index contributed by atoms with van der Waals surface area (Å²) >= 11 is 5.83. The summed E-state index contributed by atoms with van der Waals surface area (Å²) in [5.41, 5.74) is 5.85. The van der Waals surface area contributed by atoms with Gasteiger partial charge >= 0.3 is 0 Å². The number of aromatic amines is 1. The van der Waals surface area contributed by atoms with Gasteiger partial charge in [0.1, 0.15) is 11.4 Å². The van der Waals surface area contributed by atoms with Crippen molar-refractivity contribution in [2.24, 2.45) is 5.73 Å². The topological polar surface area (TPSA) is 118 Å². The first-order chi connectivity index (χ1) is 12.4. The Morgan fingerprint density at radius 2 is 1.69 bits per heavy atom. The van der Waals surface area contributed by atoms with Crippen molar-refractivity contribution < 1.29 is 9.59 Å². The normalized spacial score (nSPS) is 10.3. The van der Waals surface area contributed by atoms with Crippen molar-refractivity contribution in [3.05, 3.63) is 81.2 Å². The molecule has 0 aliphatic rings. The van der Waals surface area contributed by atoms with Crippen molar-refractivity contribution >= 4 is 29.1 Å². The van der Waals surface area contributed by atoms with Crippen molar-refractivity contribution in [1.82, 2.24) is 9.97 Å². The summed E-state index contributed by atoms with van der Waals surface area (Å²) in [6, 6.07) is 12.7. The van der Waals surface area contributed by atoms with Crippen LogP contribution < -0.4 is 16.6 Å². The number of carbonyl (C=O) groups excluding carboxylic acids is 2. The number of carbonyl (C=O) groups is 2. The maximum atomic E-state index is 12.3. The van der Waals surface area contributed by atoms with Crippen molar-refractivity contribution in [3.63, 3.8) is 0 Å². The lowest BCUT2D eigenvalue weighted by atomic mass is 10.2. The van der Waals surface area contributed by atoms with Crippen molar-refractivity contribution in [2.75, 3.05) is 5.32 Å². The van der Waals surface area contributed by atoms with Crippen LogP contribution in [0.25, 0.3) is 11.4 Å². The Morgan fingerprint density at radius 1 is 1.04 bits per heavy atom. The molecule has 1 heterocycles. The largest absolute Gasteiger partial charge is 0.366 e. The van der Waals surface area contributed by atoms with Gasteiger partial charge in [0, 0.05) is 28.0 Å². The molecule has 8 heteroatoms. The molecule has 0 saturated carbocycles. The van der Waals surface area contributed by atoms with Gasteiger partial charge in [-0.2, -0.15) is 0 Å². The standard InChI is InChI=1S/C18H13ClN4O3/c19-12-5-1-11(2-6-12)16-21-9-14(18(26)23-16)17(25)22-13-7-3-10(4-8-13)15(20)24/h1-9H,(H2,20,24)(H,22,25)(H,21,23,26). The molecule has 0 aliphatic heterocycles. The van der Waals surface area contributed by atoms with Crippen LogP contribution in [-0.4, -0.2) is 21.8 Å². The van der Waals surface area contributed by atoms with Crippen LogP contribution >= 0.6 is 11.6 Å². The Kier molecular flexibility index (Phi) is 4.81. The molecule has 1 aromatic heterocycles. The number of primary amides is 1. The summed E-state index contributed by atoms with van der Waals surface area (Å²) in [5.74, 6) is -0.858. The molecule has 0 radical (unpaired) electrons. The molecule has 0 fully saturated rings. The third-order valence-electron chi connectivity index (χ3n) is 3.59. The van der Waals surface area contributed by atoms with Gasteiger partial charge in [0.05, 0.1) is 0 Å². The molecule has 0 spiro atoms. The maximum absolute atomic E-state index is 12.3. The Morgan fingerprint density at radius 3 is 2.27 bits per heavy atom. The molecule has 4 N–H and O–H groups in total. The number of aromatic nitrogens is 2. The molecule has 26 heavy (non-hydrogen) atoms. The fourth-order valence-corrected chi connectivity index (χ4v) is 2.35. The van der Waals surface area contributed by atoms with E-state index in [1.807, 2.05) is 0 Å². The first-order valence-corrected chi connectivity index (χ1v) is 7.88. The van der Waals surface area contributed by atoms with Gasteiger partial charge in [0.2, 0.25) is 5.91 Å². The molecule has 2 aromatic carbocycles. The van der Waals surface area contributed by atoms with E-state index in [0.717, 1.165) is 0 Å². The number of benzene rings is 2. The maximum Gasteiger partial charge on any atom is 0.264 e. The monoisotopic (exact) mass is 368 g/mol. The second-order valence-electron chi connectivity index (χ2n) is 5.38. The van der Waals surface area contributed by atoms with Crippen LogP contribution in [0, 0.1) is 0 Å². The number of anilines is 1. The van der Waals surface area contributed by atoms with E-state index in [9.17, 15) is 14.4 Å². The fourth-order valence-electron chi connectivity index (χ4n) is 2.23. The van der Waals surface area contributed by atoms with Gasteiger partial charge in [-0.25, -0.2) is 4.98 Å². The van der Waals surface area contributed by atoms with Crippen molar-refractivity contribution in [2.45, 2.75) is 0 Å². The Hall–Kier alpha value is -3.45. The van der Waals surface area contributed by atoms with E-state index in [4.69, 9.17) is 17.3 Å². The zero-order valence-corrected chi connectivity index (χ0v) is 14.1. The summed E-state index contributed by atoms with van der Waals surface area (Å²) in [6.07, 6.45) is 1.20. The molecule has 130 valence electrons. The van der Waals surface area contributed by atoms with Gasteiger partial charge in [-0.05, 0) is 48.5 Å². The number of nitrogens with zero attached hydrogens (tertiary/aromatic N) is 1. The second-order valence-corrected chi connectivity index (χ2v) is 5.81. The van der Waals surface area contributed by atoms with E-state index in [-0.39, 0.29) is 5.56 Å². The van der Waals surface area contributed by atoms with Gasteiger partial charge in [-0.3, -0.25) is 14.4 Å². The average molecular weight is 369 g/mol. The van der Waals surface area contributed by atoms with Crippen LogP contribution in [0.15, 0.2) is 59.5 Å². The molecule has 0 aliphatic carbocycles. The fraction of sp³-hybridized carbons (Fsp3) is 0. The summed E-state index contributed by atoms with van der Waals surface area (Å²) in [6.45, 7) is 0. The van der Waals surface area contributed by atoms with Crippen LogP contribution in [0.5, 0.6) is 0 Å². The average Bonchev–Trinajstić information content (AvgIpc) is 2.62. The van der Waals surface area contributed by atoms with Gasteiger partial charge in [-0.1, -0.05) is 11.6 Å². The SMILES string of the molecule is NC(=O)c1ccc(NC(=O)c2cnc(-c3ccc(Cl)cc3)[nH]c2=O)cc1. The first kappa shape index (κ1) is 17.4. The zero-order chi connectivity index (χ0) is 18.7. The molecule has 0 atom stereocenters. The van der Waals surface area contributed by atoms with Crippen LogP contribution in [0.2, 0.25) is 5.02 Å². The van der Waals surface area contributed by atoms with Gasteiger partial charge in [0.25, 0.3) is 11.5 Å². The van der Waals surface area contributed by atoms with Crippen molar-refractivity contribution in [3.8, 4) is 11.4 Å². The number of nitrogens with two attached hydrogens (primary N) is 1. The molecule has 0 bridgehead atoms. The smallest absolute Gasteiger partial charge is 0.264 e. The highest BCUT2D eigenvalue weighted by molar-refractivity contribution is 6.30. The minimum atomic E-state index is -0.617. The number of hydrogen-bond acceptors (Lipinski definition) is 4. The van der Waals surface area contributed by atoms with Crippen LogP contribution in [0.4, 0.5) is 5.69 Å². The lowest BCUT2D eigenvalue weighted by Crippen LogP contribution is -2.24. The summed E-state index contributed by atoms with van der Waals surface area (Å²) in [7, 11) is 0.